The van der Waals surface area contributed by atoms with Gasteiger partial charge in [-0.15, -0.1) is 0 Å². The lowest BCUT2D eigenvalue weighted by Gasteiger charge is -2.13. The van der Waals surface area contributed by atoms with Gasteiger partial charge in [-0.1, -0.05) is 0 Å². The first kappa shape index (κ1) is 17.1. The van der Waals surface area contributed by atoms with Crippen LogP contribution in [-0.4, -0.2) is 44.5 Å². The van der Waals surface area contributed by atoms with Crippen molar-refractivity contribution in [1.82, 2.24) is 10.6 Å². The topological polar surface area (TPSA) is 45.7 Å². The van der Waals surface area contributed by atoms with Crippen LogP contribution in [0.15, 0.2) is 4.99 Å². The zero-order chi connectivity index (χ0) is 14.8. The Kier molecular flexibility index (Phi) is 7.72. The highest BCUT2D eigenvalue weighted by molar-refractivity contribution is 5.79. The molecule has 1 fully saturated rings. The van der Waals surface area contributed by atoms with Crippen molar-refractivity contribution >= 4 is 5.96 Å². The number of halogens is 3. The van der Waals surface area contributed by atoms with E-state index in [-0.39, 0.29) is 12.5 Å². The van der Waals surface area contributed by atoms with E-state index in [2.05, 4.69) is 15.6 Å². The van der Waals surface area contributed by atoms with Gasteiger partial charge in [-0.3, -0.25) is 4.99 Å². The summed E-state index contributed by atoms with van der Waals surface area (Å²) in [6, 6.07) is 0. The molecule has 0 bridgehead atoms. The molecule has 1 unspecified atom stereocenters. The van der Waals surface area contributed by atoms with E-state index in [0.717, 1.165) is 26.0 Å². The third kappa shape index (κ3) is 8.24. The molecule has 1 aliphatic heterocycles. The summed E-state index contributed by atoms with van der Waals surface area (Å²) >= 11 is 0. The van der Waals surface area contributed by atoms with Crippen LogP contribution in [0.2, 0.25) is 0 Å². The fourth-order valence-corrected chi connectivity index (χ4v) is 1.98. The Morgan fingerprint density at radius 1 is 1.30 bits per heavy atom. The maximum Gasteiger partial charge on any atom is 0.389 e. The molecule has 0 aromatic carbocycles. The van der Waals surface area contributed by atoms with Gasteiger partial charge in [-0.05, 0) is 32.6 Å². The van der Waals surface area contributed by atoms with E-state index >= 15 is 0 Å². The molecule has 4 nitrogen and oxygen atoms in total. The average molecular weight is 295 g/mol. The summed E-state index contributed by atoms with van der Waals surface area (Å²) in [5, 5.41) is 6.12. The molecule has 0 aromatic rings. The quantitative estimate of drug-likeness (QED) is 0.431. The van der Waals surface area contributed by atoms with Gasteiger partial charge >= 0.3 is 6.18 Å². The molecule has 1 rings (SSSR count). The summed E-state index contributed by atoms with van der Waals surface area (Å²) in [6.45, 7) is 4.56. The SMILES string of the molecule is CCNC(=NCC1CCCO1)NCCCCC(F)(F)F. The minimum Gasteiger partial charge on any atom is -0.376 e. The van der Waals surface area contributed by atoms with Gasteiger partial charge in [-0.2, -0.15) is 13.2 Å². The number of guanidine groups is 1. The second-order valence-corrected chi connectivity index (χ2v) is 4.85. The van der Waals surface area contributed by atoms with E-state index in [0.29, 0.717) is 25.5 Å². The Balaban J connectivity index is 2.19. The molecule has 118 valence electrons. The van der Waals surface area contributed by atoms with Crippen molar-refractivity contribution in [2.24, 2.45) is 4.99 Å². The zero-order valence-electron chi connectivity index (χ0n) is 11.9. The second-order valence-electron chi connectivity index (χ2n) is 4.85. The fourth-order valence-electron chi connectivity index (χ4n) is 1.98. The van der Waals surface area contributed by atoms with Gasteiger partial charge in [0.15, 0.2) is 5.96 Å². The second kappa shape index (κ2) is 9.05. The molecule has 1 saturated heterocycles. The van der Waals surface area contributed by atoms with Gasteiger partial charge in [0.2, 0.25) is 0 Å². The van der Waals surface area contributed by atoms with E-state index in [1.165, 1.54) is 0 Å². The number of rotatable bonds is 7. The highest BCUT2D eigenvalue weighted by Crippen LogP contribution is 2.21. The van der Waals surface area contributed by atoms with E-state index in [1.54, 1.807) is 0 Å². The average Bonchev–Trinajstić information content (AvgIpc) is 2.87. The largest absolute Gasteiger partial charge is 0.389 e. The first-order valence-electron chi connectivity index (χ1n) is 7.22. The molecule has 0 aliphatic carbocycles. The molecule has 7 heteroatoms. The number of hydrogen-bond donors (Lipinski definition) is 2. The molecule has 0 saturated carbocycles. The molecule has 20 heavy (non-hydrogen) atoms. The smallest absolute Gasteiger partial charge is 0.376 e. The van der Waals surface area contributed by atoms with E-state index in [9.17, 15) is 13.2 Å². The van der Waals surface area contributed by atoms with E-state index < -0.39 is 12.6 Å². The summed E-state index contributed by atoms with van der Waals surface area (Å²) in [6.07, 6.45) is -1.89. The van der Waals surface area contributed by atoms with Crippen molar-refractivity contribution in [3.63, 3.8) is 0 Å². The van der Waals surface area contributed by atoms with Crippen LogP contribution in [-0.2, 0) is 4.74 Å². The minimum absolute atomic E-state index is 0.141. The highest BCUT2D eigenvalue weighted by Gasteiger charge is 2.25. The zero-order valence-corrected chi connectivity index (χ0v) is 11.9. The van der Waals surface area contributed by atoms with Crippen molar-refractivity contribution in [2.75, 3.05) is 26.2 Å². The molecule has 1 aliphatic rings. The van der Waals surface area contributed by atoms with Gasteiger partial charge in [0.1, 0.15) is 0 Å². The van der Waals surface area contributed by atoms with Gasteiger partial charge < -0.3 is 15.4 Å². The molecule has 0 aromatic heterocycles. The maximum atomic E-state index is 12.0. The van der Waals surface area contributed by atoms with Crippen LogP contribution in [0.1, 0.15) is 39.0 Å². The molecular formula is C13H24F3N3O. The number of unbranched alkanes of at least 4 members (excludes halogenated alkanes) is 1. The van der Waals surface area contributed by atoms with Crippen molar-refractivity contribution in [3.8, 4) is 0 Å². The lowest BCUT2D eigenvalue weighted by atomic mass is 10.2. The summed E-state index contributed by atoms with van der Waals surface area (Å²) in [4.78, 5) is 4.39. The Bertz CT molecular complexity index is 289. The molecule has 0 spiro atoms. The van der Waals surface area contributed by atoms with Gasteiger partial charge in [0.25, 0.3) is 0 Å². The summed E-state index contributed by atoms with van der Waals surface area (Å²) in [5.41, 5.74) is 0. The van der Waals surface area contributed by atoms with Crippen molar-refractivity contribution in [1.29, 1.82) is 0 Å². The van der Waals surface area contributed by atoms with Crippen LogP contribution in [0.3, 0.4) is 0 Å². The molecule has 1 atom stereocenters. The molecule has 2 N–H and O–H groups in total. The minimum atomic E-state index is -4.06. The summed E-state index contributed by atoms with van der Waals surface area (Å²) < 4.78 is 41.4. The summed E-state index contributed by atoms with van der Waals surface area (Å²) in [7, 11) is 0. The Morgan fingerprint density at radius 3 is 2.70 bits per heavy atom. The van der Waals surface area contributed by atoms with Crippen LogP contribution in [0.4, 0.5) is 13.2 Å². The first-order valence-corrected chi connectivity index (χ1v) is 7.22. The van der Waals surface area contributed by atoms with E-state index in [1.807, 2.05) is 6.92 Å². The Morgan fingerprint density at radius 2 is 2.10 bits per heavy atom. The number of nitrogens with one attached hydrogen (secondary N) is 2. The maximum absolute atomic E-state index is 12.0. The standard InChI is InChI=1S/C13H24F3N3O/c1-2-17-12(19-10-11-6-5-9-20-11)18-8-4-3-7-13(14,15)16/h11H,2-10H2,1H3,(H2,17,18,19). The lowest BCUT2D eigenvalue weighted by molar-refractivity contribution is -0.135. The van der Waals surface area contributed by atoms with Crippen LogP contribution >= 0.6 is 0 Å². The normalized spacial score (nSPS) is 20.2. The molecular weight excluding hydrogens is 271 g/mol. The molecule has 1 heterocycles. The number of aliphatic imine (C=N–C) groups is 1. The van der Waals surface area contributed by atoms with Crippen LogP contribution in [0, 0.1) is 0 Å². The first-order chi connectivity index (χ1) is 9.51. The fraction of sp³-hybridized carbons (Fsp3) is 0.923. The predicted molar refractivity (Wildman–Crippen MR) is 72.9 cm³/mol. The van der Waals surface area contributed by atoms with Crippen LogP contribution in [0.5, 0.6) is 0 Å². The highest BCUT2D eigenvalue weighted by atomic mass is 19.4. The lowest BCUT2D eigenvalue weighted by Crippen LogP contribution is -2.38. The molecule has 0 radical (unpaired) electrons. The summed E-state index contributed by atoms with van der Waals surface area (Å²) in [5.74, 6) is 0.648. The van der Waals surface area contributed by atoms with Gasteiger partial charge in [0, 0.05) is 26.1 Å². The Labute approximate surface area is 118 Å². The van der Waals surface area contributed by atoms with Crippen molar-refractivity contribution in [3.05, 3.63) is 0 Å². The van der Waals surface area contributed by atoms with Crippen LogP contribution < -0.4 is 10.6 Å². The monoisotopic (exact) mass is 295 g/mol. The molecule has 0 amide bonds. The van der Waals surface area contributed by atoms with Gasteiger partial charge in [0.05, 0.1) is 12.6 Å². The number of hydrogen-bond acceptors (Lipinski definition) is 2. The number of ether oxygens (including phenoxy) is 1. The van der Waals surface area contributed by atoms with Crippen molar-refractivity contribution < 1.29 is 17.9 Å². The van der Waals surface area contributed by atoms with Gasteiger partial charge in [-0.25, -0.2) is 0 Å². The third-order valence-corrected chi connectivity index (χ3v) is 3.00. The van der Waals surface area contributed by atoms with Crippen molar-refractivity contribution in [2.45, 2.75) is 51.3 Å². The number of nitrogens with zero attached hydrogens (tertiary/aromatic N) is 1. The predicted octanol–water partition coefficient (Wildman–Crippen LogP) is 2.45. The van der Waals surface area contributed by atoms with E-state index in [4.69, 9.17) is 4.74 Å². The number of alkyl halides is 3. The third-order valence-electron chi connectivity index (χ3n) is 3.00. The Hall–Kier alpha value is -0.980. The van der Waals surface area contributed by atoms with Crippen LogP contribution in [0.25, 0.3) is 0 Å².